The minimum absolute atomic E-state index is 0.000595. The molecule has 6 amide bonds. The predicted octanol–water partition coefficient (Wildman–Crippen LogP) is 4.86. The summed E-state index contributed by atoms with van der Waals surface area (Å²) < 4.78 is 47.0. The zero-order chi connectivity index (χ0) is 39.7. The molecule has 296 valence electrons. The van der Waals surface area contributed by atoms with E-state index in [2.05, 4.69) is 25.4 Å². The molecule has 15 nitrogen and oxygen atoms in total. The van der Waals surface area contributed by atoms with Crippen LogP contribution in [-0.2, 0) is 11.0 Å². The Morgan fingerprint density at radius 3 is 2.46 bits per heavy atom. The number of halogens is 3. The molecule has 0 unspecified atom stereocenters. The molecule has 3 saturated heterocycles. The van der Waals surface area contributed by atoms with Crippen molar-refractivity contribution in [3.05, 3.63) is 77.2 Å². The lowest BCUT2D eigenvalue weighted by atomic mass is 9.85. The van der Waals surface area contributed by atoms with E-state index < -0.39 is 41.5 Å². The van der Waals surface area contributed by atoms with Crippen LogP contribution in [0.1, 0.15) is 81.5 Å². The van der Waals surface area contributed by atoms with Crippen molar-refractivity contribution < 1.29 is 41.9 Å². The molecule has 2 bridgehead atoms. The third kappa shape index (κ3) is 6.60. The van der Waals surface area contributed by atoms with Crippen LogP contribution in [0.4, 0.5) is 29.3 Å². The molecule has 2 N–H and O–H groups in total. The van der Waals surface area contributed by atoms with Crippen molar-refractivity contribution in [2.75, 3.05) is 43.5 Å². The van der Waals surface area contributed by atoms with E-state index in [1.54, 1.807) is 24.3 Å². The number of anilines is 2. The molecule has 0 radical (unpaired) electrons. The lowest BCUT2D eigenvalue weighted by Crippen LogP contribution is -2.58. The van der Waals surface area contributed by atoms with Crippen LogP contribution in [0.25, 0.3) is 10.9 Å². The summed E-state index contributed by atoms with van der Waals surface area (Å²) in [5, 5.41) is 12.2. The summed E-state index contributed by atoms with van der Waals surface area (Å²) in [4.78, 5) is 71.8. The first kappa shape index (κ1) is 36.6. The number of fused-ring (bicyclic) bond motifs is 4. The summed E-state index contributed by atoms with van der Waals surface area (Å²) in [7, 11) is 1.44. The Morgan fingerprint density at radius 1 is 0.947 bits per heavy atom. The Kier molecular flexibility index (Phi) is 8.90. The van der Waals surface area contributed by atoms with Crippen LogP contribution in [-0.4, -0.2) is 105 Å². The first-order valence-corrected chi connectivity index (χ1v) is 18.9. The second-order valence-corrected chi connectivity index (χ2v) is 15.3. The van der Waals surface area contributed by atoms with Gasteiger partial charge in [0.25, 0.3) is 17.7 Å². The lowest BCUT2D eigenvalue weighted by Gasteiger charge is -2.38. The normalized spacial score (nSPS) is 23.8. The van der Waals surface area contributed by atoms with Crippen molar-refractivity contribution in [3.63, 3.8) is 0 Å². The second kappa shape index (κ2) is 13.9. The second-order valence-electron chi connectivity index (χ2n) is 15.3. The highest BCUT2D eigenvalue weighted by molar-refractivity contribution is 6.22. The molecule has 1 aliphatic carbocycles. The summed E-state index contributed by atoms with van der Waals surface area (Å²) in [6.07, 6.45) is 2.23. The van der Waals surface area contributed by atoms with E-state index in [0.717, 1.165) is 85.0 Å². The van der Waals surface area contributed by atoms with Crippen LogP contribution >= 0.6 is 0 Å². The fourth-order valence-corrected chi connectivity index (χ4v) is 9.00. The fraction of sp³-hybridized carbons (Fsp3) is 0.410. The van der Waals surface area contributed by atoms with E-state index in [1.807, 2.05) is 16.9 Å². The maximum absolute atomic E-state index is 13.4. The highest BCUT2D eigenvalue weighted by Crippen LogP contribution is 2.40. The molecule has 57 heavy (non-hydrogen) atoms. The summed E-state index contributed by atoms with van der Waals surface area (Å²) >= 11 is 0. The van der Waals surface area contributed by atoms with Gasteiger partial charge in [0, 0.05) is 61.5 Å². The third-order valence-electron chi connectivity index (χ3n) is 11.9. The number of nitrogens with zero attached hydrogens (tertiary/aromatic N) is 7. The fourth-order valence-electron chi connectivity index (χ4n) is 9.00. The average molecular weight is 786 g/mol. The summed E-state index contributed by atoms with van der Waals surface area (Å²) in [6, 6.07) is 11.9. The monoisotopic (exact) mass is 785 g/mol. The lowest BCUT2D eigenvalue weighted by molar-refractivity contribution is -0.141. The number of likely N-dealkylation sites (tertiary alicyclic amines) is 1. The SMILES string of the molecule is COc1cc2nn(C3CCC(CN4C[C@@H]5C[C@H]4CN5c4ccc5c(c4)C(=O)N(N4CCC(=O)NC4=O)C5=O)CC3)cc2cc1NC(=O)c1cccc(C(F)(F)F)n1. The summed E-state index contributed by atoms with van der Waals surface area (Å²) in [5.74, 6) is -1.54. The van der Waals surface area contributed by atoms with Gasteiger partial charge in [-0.1, -0.05) is 6.07 Å². The van der Waals surface area contributed by atoms with Gasteiger partial charge in [-0.2, -0.15) is 23.3 Å². The largest absolute Gasteiger partial charge is 0.494 e. The number of piperazine rings is 1. The van der Waals surface area contributed by atoms with E-state index in [9.17, 15) is 37.1 Å². The van der Waals surface area contributed by atoms with Gasteiger partial charge in [-0.15, -0.1) is 0 Å². The van der Waals surface area contributed by atoms with Crippen LogP contribution in [0.5, 0.6) is 5.75 Å². The van der Waals surface area contributed by atoms with Gasteiger partial charge in [0.05, 0.1) is 42.0 Å². The minimum Gasteiger partial charge on any atom is -0.494 e. The Bertz CT molecular complexity index is 2340. The smallest absolute Gasteiger partial charge is 0.433 e. The Balaban J connectivity index is 0.799. The number of urea groups is 1. The number of benzene rings is 2. The van der Waals surface area contributed by atoms with Crippen molar-refractivity contribution >= 4 is 51.9 Å². The number of carbonyl (C=O) groups is 5. The molecule has 2 aromatic heterocycles. The Hall–Kier alpha value is -6.04. The zero-order valence-electron chi connectivity index (χ0n) is 30.8. The van der Waals surface area contributed by atoms with E-state index in [4.69, 9.17) is 9.84 Å². The topological polar surface area (TPSA) is 162 Å². The van der Waals surface area contributed by atoms with Crippen LogP contribution in [0.15, 0.2) is 54.7 Å². The maximum atomic E-state index is 13.4. The van der Waals surface area contributed by atoms with Crippen LogP contribution < -0.4 is 20.3 Å². The van der Waals surface area contributed by atoms with E-state index in [0.29, 0.717) is 28.9 Å². The number of carbonyl (C=O) groups excluding carboxylic acids is 5. The van der Waals surface area contributed by atoms with Crippen LogP contribution in [0, 0.1) is 5.92 Å². The molecule has 4 aliphatic heterocycles. The number of hydrogen-bond acceptors (Lipinski definition) is 10. The van der Waals surface area contributed by atoms with Gasteiger partial charge in [0.2, 0.25) is 5.91 Å². The number of aromatic nitrogens is 3. The van der Waals surface area contributed by atoms with Crippen molar-refractivity contribution in [3.8, 4) is 5.75 Å². The highest BCUT2D eigenvalue weighted by atomic mass is 19.4. The van der Waals surface area contributed by atoms with Gasteiger partial charge in [-0.25, -0.2) is 14.8 Å². The van der Waals surface area contributed by atoms with Gasteiger partial charge < -0.3 is 15.0 Å². The molecule has 5 aliphatic rings. The molecule has 4 aromatic rings. The highest BCUT2D eigenvalue weighted by Gasteiger charge is 2.46. The molecule has 2 atom stereocenters. The standard InChI is InChI=1S/C39H38F3N9O6/c1-57-32-16-30-22(13-31(32)44-35(53)29-3-2-4-33(43-29)39(40,41)42)18-49(46-30)23-7-5-21(6-8-23)17-47-19-26-14-25(47)20-48(26)24-9-10-27-28(15-24)37(55)51(36(27)54)50-12-11-34(52)45-38(50)56/h2-4,9-10,13,15-16,18,21,23,25-26H,5-8,11-12,14,17,19-20H2,1H3,(H,44,53)(H,45,52,56)/t21?,23?,25-,26-/m0/s1. The number of methoxy groups -OCH3 is 1. The van der Waals surface area contributed by atoms with Gasteiger partial charge in [0.15, 0.2) is 0 Å². The quantitative estimate of drug-likeness (QED) is 0.236. The number of hydrazine groups is 1. The van der Waals surface area contributed by atoms with Crippen LogP contribution in [0.2, 0.25) is 0 Å². The maximum Gasteiger partial charge on any atom is 0.433 e. The van der Waals surface area contributed by atoms with Gasteiger partial charge in [-0.05, 0) is 74.4 Å². The molecule has 18 heteroatoms. The number of amides is 6. The van der Waals surface area contributed by atoms with Crippen molar-refractivity contribution in [2.24, 2.45) is 5.92 Å². The Labute approximate surface area is 323 Å². The predicted molar refractivity (Wildman–Crippen MR) is 197 cm³/mol. The first-order valence-electron chi connectivity index (χ1n) is 18.9. The summed E-state index contributed by atoms with van der Waals surface area (Å²) in [6.45, 7) is 2.66. The number of pyridine rings is 1. The Morgan fingerprint density at radius 2 is 1.74 bits per heavy atom. The molecule has 1 saturated carbocycles. The molecule has 9 rings (SSSR count). The number of nitrogens with one attached hydrogen (secondary N) is 2. The molecular formula is C39H38F3N9O6. The molecule has 6 heterocycles. The number of rotatable bonds is 8. The molecular weight excluding hydrogens is 747 g/mol. The third-order valence-corrected chi connectivity index (χ3v) is 11.9. The van der Waals surface area contributed by atoms with Crippen molar-refractivity contribution in [2.45, 2.75) is 62.8 Å². The van der Waals surface area contributed by atoms with E-state index in [1.165, 1.54) is 13.2 Å². The minimum atomic E-state index is -4.68. The van der Waals surface area contributed by atoms with Gasteiger partial charge >= 0.3 is 12.2 Å². The number of alkyl halides is 3. The molecule has 4 fully saturated rings. The first-order chi connectivity index (χ1) is 27.3. The van der Waals surface area contributed by atoms with Crippen molar-refractivity contribution in [1.29, 1.82) is 0 Å². The van der Waals surface area contributed by atoms with E-state index >= 15 is 0 Å². The summed E-state index contributed by atoms with van der Waals surface area (Å²) in [5.41, 5.74) is 0.809. The van der Waals surface area contributed by atoms with Crippen LogP contribution in [0.3, 0.4) is 0 Å². The zero-order valence-corrected chi connectivity index (χ0v) is 30.8. The number of ether oxygens (including phenoxy) is 1. The average Bonchev–Trinajstić information content (AvgIpc) is 3.97. The van der Waals surface area contributed by atoms with E-state index in [-0.39, 0.29) is 41.9 Å². The molecule has 2 aromatic carbocycles. The van der Waals surface area contributed by atoms with Crippen molar-refractivity contribution in [1.82, 2.24) is 35.0 Å². The van der Waals surface area contributed by atoms with Gasteiger partial charge in [0.1, 0.15) is 17.1 Å². The number of hydrogen-bond donors (Lipinski definition) is 2. The molecule has 0 spiro atoms. The van der Waals surface area contributed by atoms with Gasteiger partial charge in [-0.3, -0.25) is 34.1 Å². The number of imide groups is 2.